The summed E-state index contributed by atoms with van der Waals surface area (Å²) in [5.74, 6) is 0. The second kappa shape index (κ2) is 20.3. The van der Waals surface area contributed by atoms with Gasteiger partial charge in [-0.05, 0) is 236 Å². The van der Waals surface area contributed by atoms with Gasteiger partial charge in [0.25, 0.3) is 0 Å². The van der Waals surface area contributed by atoms with Gasteiger partial charge in [0.2, 0.25) is 0 Å². The van der Waals surface area contributed by atoms with Crippen molar-refractivity contribution in [3.63, 3.8) is 0 Å². The molecule has 0 radical (unpaired) electrons. The highest BCUT2D eigenvalue weighted by molar-refractivity contribution is 6.24. The number of hydrogen-bond donors (Lipinski definition) is 0. The molecule has 0 aliphatic heterocycles. The molecule has 0 aromatic heterocycles. The molecule has 0 saturated heterocycles. The number of benzene rings is 17. The van der Waals surface area contributed by atoms with Crippen LogP contribution < -0.4 is 0 Å². The van der Waals surface area contributed by atoms with E-state index in [9.17, 15) is 0 Å². The zero-order chi connectivity index (χ0) is 56.7. The fraction of sp³-hybridized carbons (Fsp3) is 0. The van der Waals surface area contributed by atoms with Crippen LogP contribution in [0.3, 0.4) is 0 Å². The molecule has 0 aliphatic carbocycles. The summed E-state index contributed by atoms with van der Waals surface area (Å²) < 4.78 is 0. The van der Waals surface area contributed by atoms with Gasteiger partial charge in [-0.1, -0.05) is 267 Å². The van der Waals surface area contributed by atoms with Crippen molar-refractivity contribution in [2.45, 2.75) is 0 Å². The maximum Gasteiger partial charge on any atom is -0.00259 e. The van der Waals surface area contributed by atoms with Gasteiger partial charge in [-0.3, -0.25) is 0 Å². The molecule has 0 aliphatic rings. The van der Waals surface area contributed by atoms with Crippen molar-refractivity contribution in [2.75, 3.05) is 0 Å². The first-order valence-corrected chi connectivity index (χ1v) is 29.9. The smallest absolute Gasteiger partial charge is 0.00259 e. The molecular weight excluding hydrogens is 1030 g/mol. The Bertz CT molecular complexity index is 5140. The highest BCUT2D eigenvalue weighted by atomic mass is 14.3. The minimum absolute atomic E-state index is 1.15. The van der Waals surface area contributed by atoms with Gasteiger partial charge >= 0.3 is 0 Å². The van der Waals surface area contributed by atoms with E-state index in [1.807, 2.05) is 0 Å². The van der Waals surface area contributed by atoms with E-state index in [4.69, 9.17) is 0 Å². The Morgan fingerprint density at radius 3 is 0.628 bits per heavy atom. The molecule has 17 aromatic rings. The van der Waals surface area contributed by atoms with Crippen molar-refractivity contribution in [2.24, 2.45) is 0 Å². The van der Waals surface area contributed by atoms with Gasteiger partial charge in [0.05, 0.1) is 0 Å². The van der Waals surface area contributed by atoms with Crippen LogP contribution in [0.1, 0.15) is 0 Å². The summed E-state index contributed by atoms with van der Waals surface area (Å²) in [7, 11) is 0. The molecule has 0 fully saturated rings. The number of rotatable bonds is 8. The third-order valence-corrected chi connectivity index (χ3v) is 18.1. The standard InChI is InChI=1S/C86H54/c1-5-23-59-45-63(41-37-55(59)19-1)67-49-69(53-71(51-67)85-79-33-15-11-29-75(79)83(76-30-12-16-34-80(76)85)65-43-39-57-21-3-7-25-61(57)47-65)73-27-9-10-28-74(73)70-50-68(64-42-38-56-20-2-6-24-60(56)46-64)52-72(54-70)86-81-35-17-13-31-77(81)84(78-32-14-18-36-82(78)86)66-44-40-58-22-4-8-26-62(58)48-66/h1-54H. The summed E-state index contributed by atoms with van der Waals surface area (Å²) in [5.41, 5.74) is 19.1. The molecule has 0 saturated carbocycles. The van der Waals surface area contributed by atoms with E-state index in [1.165, 1.54) is 164 Å². The van der Waals surface area contributed by atoms with Crippen LogP contribution in [0.4, 0.5) is 0 Å². The van der Waals surface area contributed by atoms with Gasteiger partial charge in [0.15, 0.2) is 0 Å². The lowest BCUT2D eigenvalue weighted by Gasteiger charge is -2.21. The Hall–Kier alpha value is -11.2. The molecule has 0 spiro atoms. The van der Waals surface area contributed by atoms with E-state index >= 15 is 0 Å². The second-order valence-corrected chi connectivity index (χ2v) is 23.1. The summed E-state index contributed by atoms with van der Waals surface area (Å²) in [4.78, 5) is 0. The van der Waals surface area contributed by atoms with Gasteiger partial charge < -0.3 is 0 Å². The van der Waals surface area contributed by atoms with E-state index in [1.54, 1.807) is 0 Å². The van der Waals surface area contributed by atoms with Crippen LogP contribution in [-0.4, -0.2) is 0 Å². The summed E-state index contributed by atoms with van der Waals surface area (Å²) >= 11 is 0. The Kier molecular flexibility index (Phi) is 11.7. The predicted molar refractivity (Wildman–Crippen MR) is 370 cm³/mol. The minimum atomic E-state index is 1.15. The molecular formula is C86H54. The van der Waals surface area contributed by atoms with Crippen molar-refractivity contribution in [3.05, 3.63) is 328 Å². The van der Waals surface area contributed by atoms with E-state index in [-0.39, 0.29) is 0 Å². The fourth-order valence-corrected chi connectivity index (χ4v) is 14.1. The van der Waals surface area contributed by atoms with Gasteiger partial charge in [-0.15, -0.1) is 0 Å². The van der Waals surface area contributed by atoms with Crippen molar-refractivity contribution in [1.29, 1.82) is 0 Å². The maximum atomic E-state index is 2.47. The maximum absolute atomic E-state index is 2.47. The Labute approximate surface area is 499 Å². The Balaban J connectivity index is 0.918. The van der Waals surface area contributed by atoms with Crippen molar-refractivity contribution >= 4 is 86.2 Å². The zero-order valence-electron chi connectivity index (χ0n) is 47.2. The molecule has 0 bridgehead atoms. The largest absolute Gasteiger partial charge is 0.0616 e. The van der Waals surface area contributed by atoms with Crippen molar-refractivity contribution < 1.29 is 0 Å². The minimum Gasteiger partial charge on any atom is -0.0616 e. The topological polar surface area (TPSA) is 0 Å². The summed E-state index contributed by atoms with van der Waals surface area (Å²) in [6.45, 7) is 0. The normalized spacial score (nSPS) is 11.7. The molecule has 398 valence electrons. The Morgan fingerprint density at radius 1 is 0.116 bits per heavy atom. The molecule has 17 rings (SSSR count). The van der Waals surface area contributed by atoms with E-state index in [0.29, 0.717) is 0 Å². The SMILES string of the molecule is c1ccc(-c2cc(-c3ccc4ccccc4c3)cc(-c3c4ccccc4c(-c4ccc5ccccc5c4)c4ccccc34)c2)c(-c2cc(-c3ccc4ccccc4c3)cc(-c3c4ccccc4c(-c4ccc5ccccc5c4)c4ccccc34)c2)c1. The first-order chi connectivity index (χ1) is 42.6. The van der Waals surface area contributed by atoms with Crippen LogP contribution in [0.25, 0.3) is 175 Å². The lowest BCUT2D eigenvalue weighted by atomic mass is 9.82. The molecule has 17 aromatic carbocycles. The highest BCUT2D eigenvalue weighted by Crippen LogP contribution is 2.49. The van der Waals surface area contributed by atoms with Crippen molar-refractivity contribution in [1.82, 2.24) is 0 Å². The van der Waals surface area contributed by atoms with Gasteiger partial charge in [-0.2, -0.15) is 0 Å². The van der Waals surface area contributed by atoms with Crippen LogP contribution in [0, 0.1) is 0 Å². The van der Waals surface area contributed by atoms with Crippen molar-refractivity contribution in [3.8, 4) is 89.0 Å². The molecule has 0 nitrogen and oxygen atoms in total. The van der Waals surface area contributed by atoms with E-state index in [0.717, 1.165) is 11.1 Å². The first kappa shape index (κ1) is 49.4. The highest BCUT2D eigenvalue weighted by Gasteiger charge is 2.22. The third-order valence-electron chi connectivity index (χ3n) is 18.1. The summed E-state index contributed by atoms with van der Waals surface area (Å²) in [6, 6.07) is 123. The lowest BCUT2D eigenvalue weighted by Crippen LogP contribution is -1.94. The molecule has 0 atom stereocenters. The Morgan fingerprint density at radius 2 is 0.326 bits per heavy atom. The van der Waals surface area contributed by atoms with Gasteiger partial charge in [0.1, 0.15) is 0 Å². The van der Waals surface area contributed by atoms with Crippen LogP contribution >= 0.6 is 0 Å². The van der Waals surface area contributed by atoms with Crippen LogP contribution in [0.2, 0.25) is 0 Å². The lowest BCUT2D eigenvalue weighted by molar-refractivity contribution is 1.56. The van der Waals surface area contributed by atoms with Crippen LogP contribution in [0.15, 0.2) is 328 Å². The number of hydrogen-bond acceptors (Lipinski definition) is 0. The second-order valence-electron chi connectivity index (χ2n) is 23.1. The fourth-order valence-electron chi connectivity index (χ4n) is 14.1. The first-order valence-electron chi connectivity index (χ1n) is 29.9. The van der Waals surface area contributed by atoms with Crippen LogP contribution in [-0.2, 0) is 0 Å². The van der Waals surface area contributed by atoms with Crippen LogP contribution in [0.5, 0.6) is 0 Å². The molecule has 0 heterocycles. The zero-order valence-corrected chi connectivity index (χ0v) is 47.2. The number of fused-ring (bicyclic) bond motifs is 8. The molecule has 86 heavy (non-hydrogen) atoms. The summed E-state index contributed by atoms with van der Waals surface area (Å²) in [6.07, 6.45) is 0. The monoisotopic (exact) mass is 1090 g/mol. The predicted octanol–water partition coefficient (Wildman–Crippen LogP) is 24.2. The average Bonchev–Trinajstić information content (AvgIpc) is 3.12. The van der Waals surface area contributed by atoms with E-state index in [2.05, 4.69) is 328 Å². The molecule has 0 unspecified atom stereocenters. The quantitative estimate of drug-likeness (QED) is 0.133. The van der Waals surface area contributed by atoms with Gasteiger partial charge in [0, 0.05) is 0 Å². The van der Waals surface area contributed by atoms with Gasteiger partial charge in [-0.25, -0.2) is 0 Å². The molecule has 0 heteroatoms. The molecule has 0 amide bonds. The van der Waals surface area contributed by atoms with E-state index < -0.39 is 0 Å². The average molecular weight is 1090 g/mol. The third kappa shape index (κ3) is 8.37. The summed E-state index contributed by atoms with van der Waals surface area (Å²) in [5, 5.41) is 19.7. The molecule has 0 N–H and O–H groups in total.